The van der Waals surface area contributed by atoms with Gasteiger partial charge in [0.25, 0.3) is 0 Å². The molecule has 0 radical (unpaired) electrons. The maximum atomic E-state index is 2.49. The third-order valence-electron chi connectivity index (χ3n) is 8.14. The van der Waals surface area contributed by atoms with E-state index in [1.54, 1.807) is 0 Å². The first kappa shape index (κ1) is 33.0. The average Bonchev–Trinajstić information content (AvgIpc) is 2.82. The third-order valence-corrected chi connectivity index (χ3v) is 8.14. The lowest BCUT2D eigenvalue weighted by molar-refractivity contribution is 0.418. The van der Waals surface area contributed by atoms with E-state index in [0.717, 1.165) is 11.8 Å². The van der Waals surface area contributed by atoms with E-state index in [0.29, 0.717) is 0 Å². The Balaban J connectivity index is 3.12. The summed E-state index contributed by atoms with van der Waals surface area (Å²) in [5.41, 5.74) is 0. The first-order chi connectivity index (χ1) is 16.2. The van der Waals surface area contributed by atoms with Crippen LogP contribution in [0.25, 0.3) is 0 Å². The van der Waals surface area contributed by atoms with Gasteiger partial charge in [0, 0.05) is 0 Å². The van der Waals surface area contributed by atoms with Crippen molar-refractivity contribution in [2.24, 2.45) is 11.8 Å². The first-order valence-electron chi connectivity index (χ1n) is 16.2. The van der Waals surface area contributed by atoms with E-state index in [1.165, 1.54) is 173 Å². The molecule has 0 saturated carbocycles. The van der Waals surface area contributed by atoms with E-state index >= 15 is 0 Å². The van der Waals surface area contributed by atoms with E-state index in [1.807, 2.05) is 0 Å². The van der Waals surface area contributed by atoms with Gasteiger partial charge in [-0.2, -0.15) is 0 Å². The summed E-state index contributed by atoms with van der Waals surface area (Å²) in [5.74, 6) is 1.90. The fourth-order valence-corrected chi connectivity index (χ4v) is 5.26. The van der Waals surface area contributed by atoms with Crippen molar-refractivity contribution < 1.29 is 0 Å². The standard InChI is InChI=1S/C33H68/c1-5-7-8-9-10-11-12-13-14-15-16-17-18-19-20-21-22-23-24-26-30-33(4)31-28-25-27-29-32(3)6-2/h32-33H,5-31H2,1-4H3. The summed E-state index contributed by atoms with van der Waals surface area (Å²) < 4.78 is 0. The van der Waals surface area contributed by atoms with Crippen molar-refractivity contribution >= 4 is 0 Å². The number of unbranched alkanes of at least 4 members (excludes halogenated alkanes) is 21. The molecule has 0 heterocycles. The molecule has 0 aliphatic heterocycles. The SMILES string of the molecule is CCCCCCCCCCCCCCCCCCCCCCC(C)CCCCCC(C)CC. The Bertz CT molecular complexity index is 333. The lowest BCUT2D eigenvalue weighted by Gasteiger charge is -2.12. The van der Waals surface area contributed by atoms with Crippen LogP contribution in [0.1, 0.15) is 201 Å². The zero-order valence-electron chi connectivity index (χ0n) is 24.2. The quantitative estimate of drug-likeness (QED) is 0.101. The molecule has 0 bridgehead atoms. The summed E-state index contributed by atoms with van der Waals surface area (Å²) in [5, 5.41) is 0. The molecule has 0 amide bonds. The Morgan fingerprint density at radius 2 is 0.545 bits per heavy atom. The molecule has 0 aromatic rings. The summed E-state index contributed by atoms with van der Waals surface area (Å²) in [6.07, 6.45) is 39.7. The Morgan fingerprint density at radius 1 is 0.303 bits per heavy atom. The van der Waals surface area contributed by atoms with Crippen molar-refractivity contribution in [2.75, 3.05) is 0 Å². The Hall–Kier alpha value is 0. The molecule has 0 spiro atoms. The van der Waals surface area contributed by atoms with Crippen LogP contribution in [0.2, 0.25) is 0 Å². The normalized spacial score (nSPS) is 13.5. The van der Waals surface area contributed by atoms with Crippen LogP contribution in [0.3, 0.4) is 0 Å². The van der Waals surface area contributed by atoms with Crippen LogP contribution in [0.4, 0.5) is 0 Å². The second-order valence-corrected chi connectivity index (χ2v) is 11.8. The largest absolute Gasteiger partial charge is 0.0654 e. The topological polar surface area (TPSA) is 0 Å². The van der Waals surface area contributed by atoms with Crippen LogP contribution >= 0.6 is 0 Å². The van der Waals surface area contributed by atoms with Crippen LogP contribution in [0.15, 0.2) is 0 Å². The van der Waals surface area contributed by atoms with Crippen LogP contribution < -0.4 is 0 Å². The van der Waals surface area contributed by atoms with Crippen molar-refractivity contribution in [1.29, 1.82) is 0 Å². The van der Waals surface area contributed by atoms with E-state index in [9.17, 15) is 0 Å². The highest BCUT2D eigenvalue weighted by Crippen LogP contribution is 2.20. The predicted octanol–water partition coefficient (Wildman–Crippen LogP) is 12.8. The van der Waals surface area contributed by atoms with Crippen molar-refractivity contribution in [3.8, 4) is 0 Å². The summed E-state index contributed by atoms with van der Waals surface area (Å²) in [7, 11) is 0. The zero-order valence-corrected chi connectivity index (χ0v) is 24.2. The minimum Gasteiger partial charge on any atom is -0.0654 e. The van der Waals surface area contributed by atoms with Gasteiger partial charge < -0.3 is 0 Å². The van der Waals surface area contributed by atoms with E-state index in [4.69, 9.17) is 0 Å². The molecule has 0 aromatic heterocycles. The van der Waals surface area contributed by atoms with Gasteiger partial charge in [0.2, 0.25) is 0 Å². The molecule has 2 unspecified atom stereocenters. The van der Waals surface area contributed by atoms with Crippen LogP contribution in [-0.4, -0.2) is 0 Å². The molecule has 0 aromatic carbocycles. The van der Waals surface area contributed by atoms with Gasteiger partial charge in [-0.3, -0.25) is 0 Å². The molecule has 0 fully saturated rings. The summed E-state index contributed by atoms with van der Waals surface area (Å²) >= 11 is 0. The fourth-order valence-electron chi connectivity index (χ4n) is 5.26. The number of hydrogen-bond acceptors (Lipinski definition) is 0. The monoisotopic (exact) mass is 465 g/mol. The van der Waals surface area contributed by atoms with Gasteiger partial charge in [0.1, 0.15) is 0 Å². The van der Waals surface area contributed by atoms with E-state index < -0.39 is 0 Å². The maximum Gasteiger partial charge on any atom is -0.0443 e. The predicted molar refractivity (Wildman–Crippen MR) is 154 cm³/mol. The second-order valence-electron chi connectivity index (χ2n) is 11.8. The Morgan fingerprint density at radius 3 is 0.848 bits per heavy atom. The highest BCUT2D eigenvalue weighted by molar-refractivity contribution is 4.57. The van der Waals surface area contributed by atoms with Gasteiger partial charge in [-0.15, -0.1) is 0 Å². The second kappa shape index (κ2) is 28.2. The van der Waals surface area contributed by atoms with E-state index in [-0.39, 0.29) is 0 Å². The molecule has 33 heavy (non-hydrogen) atoms. The van der Waals surface area contributed by atoms with Crippen molar-refractivity contribution in [3.63, 3.8) is 0 Å². The van der Waals surface area contributed by atoms with Gasteiger partial charge in [0.05, 0.1) is 0 Å². The highest BCUT2D eigenvalue weighted by Gasteiger charge is 2.03. The minimum atomic E-state index is 0.941. The summed E-state index contributed by atoms with van der Waals surface area (Å²) in [6.45, 7) is 9.53. The Kier molecular flexibility index (Phi) is 28.2. The number of rotatable bonds is 28. The molecule has 0 rings (SSSR count). The van der Waals surface area contributed by atoms with Gasteiger partial charge in [-0.25, -0.2) is 0 Å². The molecule has 2 atom stereocenters. The summed E-state index contributed by atoms with van der Waals surface area (Å²) in [4.78, 5) is 0. The molecule has 0 aliphatic carbocycles. The van der Waals surface area contributed by atoms with Crippen molar-refractivity contribution in [3.05, 3.63) is 0 Å². The highest BCUT2D eigenvalue weighted by atomic mass is 14.1. The molecule has 0 heteroatoms. The van der Waals surface area contributed by atoms with Crippen LogP contribution in [0, 0.1) is 11.8 Å². The van der Waals surface area contributed by atoms with Crippen molar-refractivity contribution in [1.82, 2.24) is 0 Å². The minimum absolute atomic E-state index is 0.941. The lowest BCUT2D eigenvalue weighted by Crippen LogP contribution is -1.96. The van der Waals surface area contributed by atoms with Gasteiger partial charge in [0.15, 0.2) is 0 Å². The fraction of sp³-hybridized carbons (Fsp3) is 1.00. The summed E-state index contributed by atoms with van der Waals surface area (Å²) in [6, 6.07) is 0. The van der Waals surface area contributed by atoms with Crippen LogP contribution in [0.5, 0.6) is 0 Å². The van der Waals surface area contributed by atoms with E-state index in [2.05, 4.69) is 27.7 Å². The molecule has 200 valence electrons. The first-order valence-corrected chi connectivity index (χ1v) is 16.2. The van der Waals surface area contributed by atoms with Gasteiger partial charge in [-0.05, 0) is 11.8 Å². The molecule has 0 nitrogen and oxygen atoms in total. The van der Waals surface area contributed by atoms with Crippen molar-refractivity contribution in [2.45, 2.75) is 201 Å². The van der Waals surface area contributed by atoms with Gasteiger partial charge in [-0.1, -0.05) is 201 Å². The molecule has 0 aliphatic rings. The number of hydrogen-bond donors (Lipinski definition) is 0. The Labute approximate surface area is 212 Å². The molecular weight excluding hydrogens is 396 g/mol. The maximum absolute atomic E-state index is 2.49. The van der Waals surface area contributed by atoms with Gasteiger partial charge >= 0.3 is 0 Å². The van der Waals surface area contributed by atoms with Crippen LogP contribution in [-0.2, 0) is 0 Å². The lowest BCUT2D eigenvalue weighted by atomic mass is 9.94. The molecule has 0 saturated heterocycles. The molecular formula is C33H68. The third kappa shape index (κ3) is 28.1. The average molecular weight is 465 g/mol. The smallest absolute Gasteiger partial charge is 0.0443 e. The zero-order chi connectivity index (χ0) is 24.2. The molecule has 0 N–H and O–H groups in total.